The first-order valence-electron chi connectivity index (χ1n) is 6.92. The summed E-state index contributed by atoms with van der Waals surface area (Å²) in [6, 6.07) is 21.1. The predicted octanol–water partition coefficient (Wildman–Crippen LogP) is 4.72. The first kappa shape index (κ1) is 12.7. The van der Waals surface area contributed by atoms with Gasteiger partial charge in [-0.1, -0.05) is 48.5 Å². The Bertz CT molecular complexity index is 720. The van der Waals surface area contributed by atoms with Gasteiger partial charge in [-0.3, -0.25) is 4.98 Å². The second kappa shape index (κ2) is 5.33. The molecule has 1 N–H and O–H groups in total. The Morgan fingerprint density at radius 3 is 2.50 bits per heavy atom. The number of nitrogens with zero attached hydrogens (tertiary/aromatic N) is 1. The monoisotopic (exact) mass is 262 g/mol. The zero-order chi connectivity index (χ0) is 13.9. The zero-order valence-electron chi connectivity index (χ0n) is 11.8. The molecule has 0 bridgehead atoms. The molecule has 0 saturated carbocycles. The molecule has 0 aliphatic rings. The van der Waals surface area contributed by atoms with E-state index >= 15 is 0 Å². The molecular weight excluding hydrogens is 244 g/mol. The summed E-state index contributed by atoms with van der Waals surface area (Å²) >= 11 is 0. The molecule has 0 aliphatic heterocycles. The summed E-state index contributed by atoms with van der Waals surface area (Å²) in [6.45, 7) is 4.20. The quantitative estimate of drug-likeness (QED) is 0.739. The zero-order valence-corrected chi connectivity index (χ0v) is 11.8. The van der Waals surface area contributed by atoms with Crippen molar-refractivity contribution in [3.05, 3.63) is 71.9 Å². The lowest BCUT2D eigenvalue weighted by molar-refractivity contribution is 0.886. The third-order valence-corrected chi connectivity index (χ3v) is 3.53. The molecule has 0 saturated heterocycles. The highest BCUT2D eigenvalue weighted by atomic mass is 14.9. The minimum Gasteiger partial charge on any atom is -0.377 e. The lowest BCUT2D eigenvalue weighted by atomic mass is 10.1. The van der Waals surface area contributed by atoms with Crippen molar-refractivity contribution in [1.82, 2.24) is 4.98 Å². The Balaban J connectivity index is 1.97. The molecule has 0 aliphatic carbocycles. The van der Waals surface area contributed by atoms with Gasteiger partial charge in [-0.05, 0) is 31.5 Å². The number of pyridine rings is 1. The molecule has 20 heavy (non-hydrogen) atoms. The number of aromatic nitrogens is 1. The summed E-state index contributed by atoms with van der Waals surface area (Å²) in [5, 5.41) is 4.73. The molecule has 2 aromatic carbocycles. The average molecular weight is 262 g/mol. The van der Waals surface area contributed by atoms with Crippen molar-refractivity contribution in [2.24, 2.45) is 0 Å². The van der Waals surface area contributed by atoms with Gasteiger partial charge in [0.05, 0.1) is 11.2 Å². The van der Waals surface area contributed by atoms with E-state index in [1.807, 2.05) is 19.1 Å². The topological polar surface area (TPSA) is 24.9 Å². The molecule has 0 amide bonds. The van der Waals surface area contributed by atoms with Gasteiger partial charge in [0.2, 0.25) is 0 Å². The van der Waals surface area contributed by atoms with Gasteiger partial charge >= 0.3 is 0 Å². The fourth-order valence-corrected chi connectivity index (χ4v) is 2.42. The van der Waals surface area contributed by atoms with E-state index in [4.69, 9.17) is 0 Å². The molecule has 0 radical (unpaired) electrons. The van der Waals surface area contributed by atoms with Crippen LogP contribution in [0, 0.1) is 6.92 Å². The highest BCUT2D eigenvalue weighted by molar-refractivity contribution is 5.90. The van der Waals surface area contributed by atoms with Crippen LogP contribution >= 0.6 is 0 Å². The first-order valence-corrected chi connectivity index (χ1v) is 6.92. The Morgan fingerprint density at radius 1 is 0.900 bits per heavy atom. The molecule has 1 unspecified atom stereocenters. The van der Waals surface area contributed by atoms with Crippen LogP contribution in [-0.2, 0) is 0 Å². The molecule has 1 atom stereocenters. The Labute approximate surface area is 119 Å². The minimum absolute atomic E-state index is 0.254. The molecule has 3 aromatic rings. The van der Waals surface area contributed by atoms with E-state index in [-0.39, 0.29) is 6.04 Å². The number of hydrogen-bond acceptors (Lipinski definition) is 2. The number of aryl methyl sites for hydroxylation is 1. The van der Waals surface area contributed by atoms with Crippen LogP contribution in [0.2, 0.25) is 0 Å². The molecule has 1 aromatic heterocycles. The van der Waals surface area contributed by atoms with Crippen LogP contribution < -0.4 is 5.32 Å². The third kappa shape index (κ3) is 2.50. The number of rotatable bonds is 3. The van der Waals surface area contributed by atoms with Gasteiger partial charge in [0, 0.05) is 17.1 Å². The van der Waals surface area contributed by atoms with Gasteiger partial charge in [0.1, 0.15) is 0 Å². The average Bonchev–Trinajstić information content (AvgIpc) is 2.49. The number of fused-ring (bicyclic) bond motifs is 1. The van der Waals surface area contributed by atoms with Gasteiger partial charge in [0.25, 0.3) is 0 Å². The third-order valence-electron chi connectivity index (χ3n) is 3.53. The number of hydrogen-bond donors (Lipinski definition) is 1. The smallest absolute Gasteiger partial charge is 0.0936 e. The van der Waals surface area contributed by atoms with E-state index in [2.05, 4.69) is 65.8 Å². The molecule has 1 heterocycles. The Kier molecular flexibility index (Phi) is 3.38. The molecular formula is C18H18N2. The summed E-state index contributed by atoms with van der Waals surface area (Å²) in [4.78, 5) is 4.66. The van der Waals surface area contributed by atoms with E-state index in [0.29, 0.717) is 0 Å². The molecule has 0 fully saturated rings. The van der Waals surface area contributed by atoms with E-state index < -0.39 is 0 Å². The minimum atomic E-state index is 0.254. The standard InChI is InChI=1S/C18H18N2/c1-13-11-12-16-9-6-10-17(18(16)19-13)20-14(2)15-7-4-3-5-8-15/h3-12,14,20H,1-2H3. The van der Waals surface area contributed by atoms with Crippen LogP contribution in [0.25, 0.3) is 10.9 Å². The fraction of sp³-hybridized carbons (Fsp3) is 0.167. The summed E-state index contributed by atoms with van der Waals surface area (Å²) in [6.07, 6.45) is 0. The second-order valence-electron chi connectivity index (χ2n) is 5.11. The SMILES string of the molecule is Cc1ccc2cccc(NC(C)c3ccccc3)c2n1. The van der Waals surface area contributed by atoms with Crippen molar-refractivity contribution in [2.45, 2.75) is 19.9 Å². The van der Waals surface area contributed by atoms with Crippen molar-refractivity contribution in [2.75, 3.05) is 5.32 Å². The normalized spacial score (nSPS) is 12.3. The Morgan fingerprint density at radius 2 is 1.70 bits per heavy atom. The lowest BCUT2D eigenvalue weighted by Crippen LogP contribution is -2.07. The van der Waals surface area contributed by atoms with Gasteiger partial charge in [0.15, 0.2) is 0 Å². The maximum Gasteiger partial charge on any atom is 0.0936 e. The van der Waals surface area contributed by atoms with Gasteiger partial charge in [-0.25, -0.2) is 0 Å². The number of para-hydroxylation sites is 1. The van der Waals surface area contributed by atoms with Crippen LogP contribution in [-0.4, -0.2) is 4.98 Å². The van der Waals surface area contributed by atoms with E-state index in [1.165, 1.54) is 10.9 Å². The fourth-order valence-electron chi connectivity index (χ4n) is 2.42. The van der Waals surface area contributed by atoms with Crippen LogP contribution in [0.3, 0.4) is 0 Å². The van der Waals surface area contributed by atoms with Crippen LogP contribution in [0.5, 0.6) is 0 Å². The van der Waals surface area contributed by atoms with Crippen molar-refractivity contribution in [3.8, 4) is 0 Å². The van der Waals surface area contributed by atoms with Crippen molar-refractivity contribution < 1.29 is 0 Å². The summed E-state index contributed by atoms with van der Waals surface area (Å²) in [5.41, 5.74) is 4.44. The van der Waals surface area contributed by atoms with Gasteiger partial charge < -0.3 is 5.32 Å². The van der Waals surface area contributed by atoms with Crippen LogP contribution in [0.15, 0.2) is 60.7 Å². The van der Waals surface area contributed by atoms with E-state index in [1.54, 1.807) is 0 Å². The molecule has 100 valence electrons. The maximum absolute atomic E-state index is 4.66. The number of anilines is 1. The number of nitrogens with one attached hydrogen (secondary N) is 1. The largest absolute Gasteiger partial charge is 0.377 e. The van der Waals surface area contributed by atoms with Gasteiger partial charge in [-0.15, -0.1) is 0 Å². The Hall–Kier alpha value is -2.35. The summed E-state index contributed by atoms with van der Waals surface area (Å²) < 4.78 is 0. The van der Waals surface area contributed by atoms with Crippen molar-refractivity contribution in [3.63, 3.8) is 0 Å². The van der Waals surface area contributed by atoms with Gasteiger partial charge in [-0.2, -0.15) is 0 Å². The van der Waals surface area contributed by atoms with Crippen LogP contribution in [0.1, 0.15) is 24.2 Å². The number of benzene rings is 2. The summed E-state index contributed by atoms with van der Waals surface area (Å²) in [5.74, 6) is 0. The molecule has 2 heteroatoms. The second-order valence-corrected chi connectivity index (χ2v) is 5.11. The lowest BCUT2D eigenvalue weighted by Gasteiger charge is -2.17. The molecule has 3 rings (SSSR count). The van der Waals surface area contributed by atoms with E-state index in [0.717, 1.165) is 16.9 Å². The van der Waals surface area contributed by atoms with Crippen LogP contribution in [0.4, 0.5) is 5.69 Å². The van der Waals surface area contributed by atoms with Crippen molar-refractivity contribution in [1.29, 1.82) is 0 Å². The highest BCUT2D eigenvalue weighted by Crippen LogP contribution is 2.25. The molecule has 2 nitrogen and oxygen atoms in total. The van der Waals surface area contributed by atoms with E-state index in [9.17, 15) is 0 Å². The first-order chi connectivity index (χ1) is 9.74. The van der Waals surface area contributed by atoms with Crippen molar-refractivity contribution >= 4 is 16.6 Å². The molecule has 0 spiro atoms. The highest BCUT2D eigenvalue weighted by Gasteiger charge is 2.08. The summed E-state index contributed by atoms with van der Waals surface area (Å²) in [7, 11) is 0. The maximum atomic E-state index is 4.66. The predicted molar refractivity (Wildman–Crippen MR) is 85.0 cm³/mol.